The lowest BCUT2D eigenvalue weighted by molar-refractivity contribution is 0.340. The Kier molecular flexibility index (Phi) is 3.78. The maximum Gasteiger partial charge on any atom is 0.229 e. The Morgan fingerprint density at radius 2 is 2.12 bits per heavy atom. The van der Waals surface area contributed by atoms with E-state index in [9.17, 15) is 8.42 Å². The molecule has 0 atom stereocenters. The Hall–Kier alpha value is -0.950. The number of hydrogen-bond donors (Lipinski definition) is 1. The second-order valence-corrected chi connectivity index (χ2v) is 6.63. The van der Waals surface area contributed by atoms with Crippen molar-refractivity contribution in [2.24, 2.45) is 0 Å². The monoisotopic (exact) mass is 259 g/mol. The second-order valence-electron chi connectivity index (χ2n) is 4.33. The van der Waals surface area contributed by atoms with Crippen LogP contribution in [0.1, 0.15) is 30.5 Å². The highest BCUT2D eigenvalue weighted by Gasteiger charge is 2.28. The van der Waals surface area contributed by atoms with E-state index >= 15 is 0 Å². The van der Waals surface area contributed by atoms with Crippen molar-refractivity contribution in [2.45, 2.75) is 25.2 Å². The topological polar surface area (TPSA) is 85.1 Å². The van der Waals surface area contributed by atoms with Gasteiger partial charge in [0.1, 0.15) is 9.84 Å². The lowest BCUT2D eigenvalue weighted by Crippen LogP contribution is -2.22. The number of rotatable bonds is 4. The summed E-state index contributed by atoms with van der Waals surface area (Å²) in [6.07, 6.45) is 1.91. The molecule has 17 heavy (non-hydrogen) atoms. The van der Waals surface area contributed by atoms with Gasteiger partial charge in [-0.3, -0.25) is 0 Å². The van der Waals surface area contributed by atoms with E-state index in [1.807, 2.05) is 7.05 Å². The van der Waals surface area contributed by atoms with Crippen LogP contribution in [0, 0.1) is 0 Å². The van der Waals surface area contributed by atoms with E-state index in [4.69, 9.17) is 4.52 Å². The molecule has 1 aromatic heterocycles. The minimum atomic E-state index is -2.83. The van der Waals surface area contributed by atoms with Crippen LogP contribution in [0.15, 0.2) is 4.52 Å². The van der Waals surface area contributed by atoms with Gasteiger partial charge in [-0.1, -0.05) is 5.16 Å². The molecule has 1 aliphatic rings. The predicted molar refractivity (Wildman–Crippen MR) is 62.6 cm³/mol. The van der Waals surface area contributed by atoms with Crippen LogP contribution in [0.2, 0.25) is 0 Å². The Bertz CT molecular complexity index is 455. The lowest BCUT2D eigenvalue weighted by Gasteiger charge is -2.17. The molecule has 6 nitrogen and oxygen atoms in total. The van der Waals surface area contributed by atoms with Crippen LogP contribution in [-0.4, -0.2) is 43.7 Å². The molecule has 96 valence electrons. The minimum absolute atomic E-state index is 0.106. The summed E-state index contributed by atoms with van der Waals surface area (Å²) in [5, 5.41) is 6.90. The fraction of sp³-hybridized carbons (Fsp3) is 0.800. The van der Waals surface area contributed by atoms with Gasteiger partial charge in [-0.25, -0.2) is 8.42 Å². The summed E-state index contributed by atoms with van der Waals surface area (Å²) >= 11 is 0. The highest BCUT2D eigenvalue weighted by atomic mass is 32.2. The molecule has 0 bridgehead atoms. The fourth-order valence-corrected chi connectivity index (χ4v) is 3.40. The molecule has 1 fully saturated rings. The third-order valence-corrected chi connectivity index (χ3v) is 4.70. The van der Waals surface area contributed by atoms with Gasteiger partial charge in [0.15, 0.2) is 5.82 Å². The number of sulfone groups is 1. The van der Waals surface area contributed by atoms with Crippen LogP contribution < -0.4 is 5.32 Å². The van der Waals surface area contributed by atoms with Crippen LogP contribution in [0.25, 0.3) is 0 Å². The molecule has 0 aromatic carbocycles. The quantitative estimate of drug-likeness (QED) is 0.827. The van der Waals surface area contributed by atoms with Crippen molar-refractivity contribution in [3.05, 3.63) is 11.7 Å². The van der Waals surface area contributed by atoms with Crippen molar-refractivity contribution in [1.29, 1.82) is 0 Å². The molecular weight excluding hydrogens is 242 g/mol. The Morgan fingerprint density at radius 1 is 1.41 bits per heavy atom. The largest absolute Gasteiger partial charge is 0.339 e. The zero-order chi connectivity index (χ0) is 12.3. The van der Waals surface area contributed by atoms with Crippen molar-refractivity contribution in [2.75, 3.05) is 25.1 Å². The number of aromatic nitrogens is 2. The maximum atomic E-state index is 11.3. The van der Waals surface area contributed by atoms with E-state index in [1.165, 1.54) is 0 Å². The van der Waals surface area contributed by atoms with Gasteiger partial charge in [0.25, 0.3) is 0 Å². The summed E-state index contributed by atoms with van der Waals surface area (Å²) in [5.41, 5.74) is 0. The van der Waals surface area contributed by atoms with Crippen molar-refractivity contribution in [3.8, 4) is 0 Å². The van der Waals surface area contributed by atoms with Crippen molar-refractivity contribution >= 4 is 9.84 Å². The maximum absolute atomic E-state index is 11.3. The summed E-state index contributed by atoms with van der Waals surface area (Å²) in [6.45, 7) is 0.804. The highest BCUT2D eigenvalue weighted by molar-refractivity contribution is 7.91. The van der Waals surface area contributed by atoms with Crippen LogP contribution in [0.4, 0.5) is 0 Å². The summed E-state index contributed by atoms with van der Waals surface area (Å²) in [7, 11) is -0.963. The normalized spacial score (nSPS) is 20.5. The first-order chi connectivity index (χ1) is 8.11. The smallest absolute Gasteiger partial charge is 0.229 e. The van der Waals surface area contributed by atoms with Gasteiger partial charge in [0.05, 0.1) is 11.5 Å². The molecule has 0 spiro atoms. The van der Waals surface area contributed by atoms with Crippen LogP contribution in [0.5, 0.6) is 0 Å². The van der Waals surface area contributed by atoms with Crippen molar-refractivity contribution < 1.29 is 12.9 Å². The zero-order valence-electron chi connectivity index (χ0n) is 9.85. The van der Waals surface area contributed by atoms with Crippen molar-refractivity contribution in [3.63, 3.8) is 0 Å². The summed E-state index contributed by atoms with van der Waals surface area (Å²) in [4.78, 5) is 4.31. The van der Waals surface area contributed by atoms with E-state index in [1.54, 1.807) is 0 Å². The Morgan fingerprint density at radius 3 is 2.76 bits per heavy atom. The molecule has 7 heteroatoms. The third-order valence-electron chi connectivity index (χ3n) is 2.99. The van der Waals surface area contributed by atoms with Gasteiger partial charge >= 0.3 is 0 Å². The van der Waals surface area contributed by atoms with Gasteiger partial charge < -0.3 is 9.84 Å². The lowest BCUT2D eigenvalue weighted by atomic mass is 10.0. The van der Waals surface area contributed by atoms with Crippen molar-refractivity contribution in [1.82, 2.24) is 15.5 Å². The molecule has 1 N–H and O–H groups in total. The van der Waals surface area contributed by atoms with E-state index in [2.05, 4.69) is 15.5 Å². The van der Waals surface area contributed by atoms with Gasteiger partial charge in [-0.2, -0.15) is 4.98 Å². The molecule has 0 unspecified atom stereocenters. The molecule has 1 aliphatic heterocycles. The van der Waals surface area contributed by atoms with Crippen LogP contribution in [0.3, 0.4) is 0 Å². The molecule has 0 radical (unpaired) electrons. The average Bonchev–Trinajstić information content (AvgIpc) is 2.75. The molecule has 1 aromatic rings. The summed E-state index contributed by atoms with van der Waals surface area (Å²) in [5.74, 6) is 1.83. The van der Waals surface area contributed by atoms with Gasteiger partial charge in [-0.05, 0) is 19.9 Å². The molecule has 1 saturated heterocycles. The minimum Gasteiger partial charge on any atom is -0.339 e. The first-order valence-corrected chi connectivity index (χ1v) is 7.60. The van der Waals surface area contributed by atoms with E-state index < -0.39 is 9.84 Å². The van der Waals surface area contributed by atoms with Gasteiger partial charge in [0.2, 0.25) is 5.89 Å². The van der Waals surface area contributed by atoms with Gasteiger partial charge in [-0.15, -0.1) is 0 Å². The van der Waals surface area contributed by atoms with E-state index in [-0.39, 0.29) is 17.4 Å². The van der Waals surface area contributed by atoms with E-state index in [0.717, 1.165) is 13.0 Å². The van der Waals surface area contributed by atoms with Crippen LogP contribution in [-0.2, 0) is 16.3 Å². The molecule has 0 amide bonds. The van der Waals surface area contributed by atoms with E-state index in [0.29, 0.717) is 24.6 Å². The average molecular weight is 259 g/mol. The SMILES string of the molecule is CNCCc1noc(C2CCS(=O)(=O)CC2)n1. The number of nitrogens with zero attached hydrogens (tertiary/aromatic N) is 2. The molecule has 2 rings (SSSR count). The van der Waals surface area contributed by atoms with Gasteiger partial charge in [0, 0.05) is 18.9 Å². The summed E-state index contributed by atoms with van der Waals surface area (Å²) in [6, 6.07) is 0. The third kappa shape index (κ3) is 3.26. The second kappa shape index (κ2) is 5.14. The Balaban J connectivity index is 1.96. The molecule has 2 heterocycles. The molecular formula is C10H17N3O3S. The fourth-order valence-electron chi connectivity index (χ4n) is 1.91. The number of likely N-dealkylation sites (N-methyl/N-ethyl adjacent to an activating group) is 1. The molecule has 0 saturated carbocycles. The number of nitrogens with one attached hydrogen (secondary N) is 1. The highest BCUT2D eigenvalue weighted by Crippen LogP contribution is 2.27. The molecule has 0 aliphatic carbocycles. The predicted octanol–water partition coefficient (Wildman–Crippen LogP) is 0.124. The zero-order valence-corrected chi connectivity index (χ0v) is 10.7. The first kappa shape index (κ1) is 12.5. The number of hydrogen-bond acceptors (Lipinski definition) is 6. The first-order valence-electron chi connectivity index (χ1n) is 5.78. The standard InChI is InChI=1S/C10H17N3O3S/c1-11-5-2-9-12-10(16-13-9)8-3-6-17(14,15)7-4-8/h8,11H,2-7H2,1H3. The van der Waals surface area contributed by atoms with Crippen LogP contribution >= 0.6 is 0 Å². The summed E-state index contributed by atoms with van der Waals surface area (Å²) < 4.78 is 27.8. The Labute approximate surface area is 101 Å².